The van der Waals surface area contributed by atoms with Crippen LogP contribution in [0.5, 0.6) is 0 Å². The normalized spacial score (nSPS) is 11.2. The van der Waals surface area contributed by atoms with E-state index in [1.807, 2.05) is 0 Å². The molecule has 2 rings (SSSR count). The Balaban J connectivity index is 1.79. The number of thiophene rings is 1. The number of amides is 2. The Kier molecular flexibility index (Phi) is 4.67. The molecule has 0 aromatic carbocycles. The van der Waals surface area contributed by atoms with Crippen LogP contribution < -0.4 is 10.7 Å². The highest BCUT2D eigenvalue weighted by molar-refractivity contribution is 7.12. The predicted molar refractivity (Wildman–Crippen MR) is 75.7 cm³/mol. The molecular formula is C13H13N3O3S. The summed E-state index contributed by atoms with van der Waals surface area (Å²) in [7, 11) is 0. The Morgan fingerprint density at radius 2 is 2.20 bits per heavy atom. The molecule has 20 heavy (non-hydrogen) atoms. The van der Waals surface area contributed by atoms with Crippen molar-refractivity contribution in [3.05, 3.63) is 46.5 Å². The molecule has 0 fully saturated rings. The van der Waals surface area contributed by atoms with E-state index in [1.54, 1.807) is 36.6 Å². The maximum absolute atomic E-state index is 11.6. The lowest BCUT2D eigenvalue weighted by Crippen LogP contribution is -2.34. The lowest BCUT2D eigenvalue weighted by molar-refractivity contribution is -0.120. The lowest BCUT2D eigenvalue weighted by Gasteiger charge is -2.03. The van der Waals surface area contributed by atoms with E-state index in [4.69, 9.17) is 4.42 Å². The van der Waals surface area contributed by atoms with Crippen LogP contribution in [-0.4, -0.2) is 24.1 Å². The van der Waals surface area contributed by atoms with Crippen molar-refractivity contribution in [2.75, 3.05) is 6.54 Å². The second-order valence-corrected chi connectivity index (χ2v) is 4.82. The summed E-state index contributed by atoms with van der Waals surface area (Å²) in [5.41, 5.74) is 2.90. The van der Waals surface area contributed by atoms with Gasteiger partial charge in [0.05, 0.1) is 17.7 Å². The van der Waals surface area contributed by atoms with Crippen LogP contribution in [0.15, 0.2) is 45.4 Å². The van der Waals surface area contributed by atoms with Crippen molar-refractivity contribution in [1.82, 2.24) is 10.7 Å². The molecule has 2 aromatic rings. The highest BCUT2D eigenvalue weighted by atomic mass is 32.1. The van der Waals surface area contributed by atoms with E-state index in [2.05, 4.69) is 15.8 Å². The highest BCUT2D eigenvalue weighted by Gasteiger charge is 2.08. The van der Waals surface area contributed by atoms with E-state index >= 15 is 0 Å². The Hall–Kier alpha value is -2.41. The second-order valence-electron chi connectivity index (χ2n) is 3.87. The predicted octanol–water partition coefficient (Wildman–Crippen LogP) is 1.61. The highest BCUT2D eigenvalue weighted by Crippen LogP contribution is 2.07. The van der Waals surface area contributed by atoms with Crippen molar-refractivity contribution in [3.8, 4) is 0 Å². The van der Waals surface area contributed by atoms with Crippen LogP contribution in [0.3, 0.4) is 0 Å². The molecule has 0 saturated carbocycles. The molecule has 6 nitrogen and oxygen atoms in total. The minimum absolute atomic E-state index is 0.133. The van der Waals surface area contributed by atoms with Crippen LogP contribution in [0.1, 0.15) is 22.4 Å². The second kappa shape index (κ2) is 6.67. The van der Waals surface area contributed by atoms with Crippen LogP contribution in [0, 0.1) is 0 Å². The Morgan fingerprint density at radius 1 is 1.35 bits per heavy atom. The Labute approximate surface area is 119 Å². The van der Waals surface area contributed by atoms with E-state index in [0.29, 0.717) is 16.3 Å². The van der Waals surface area contributed by atoms with Gasteiger partial charge in [-0.3, -0.25) is 9.59 Å². The molecule has 0 spiro atoms. The summed E-state index contributed by atoms with van der Waals surface area (Å²) in [6, 6.07) is 6.94. The van der Waals surface area contributed by atoms with E-state index in [9.17, 15) is 9.59 Å². The van der Waals surface area contributed by atoms with Gasteiger partial charge < -0.3 is 9.73 Å². The SMILES string of the molecule is C/C(=N/NC(=O)CNC(=O)c1cccs1)c1ccco1. The quantitative estimate of drug-likeness (QED) is 0.648. The topological polar surface area (TPSA) is 83.7 Å². The summed E-state index contributed by atoms with van der Waals surface area (Å²) in [5, 5.41) is 8.19. The molecule has 0 radical (unpaired) electrons. The molecule has 2 N–H and O–H groups in total. The Bertz CT molecular complexity index is 603. The number of carbonyl (C=O) groups is 2. The van der Waals surface area contributed by atoms with Gasteiger partial charge in [0.25, 0.3) is 11.8 Å². The van der Waals surface area contributed by atoms with Crippen LogP contribution >= 0.6 is 11.3 Å². The summed E-state index contributed by atoms with van der Waals surface area (Å²) >= 11 is 1.32. The first-order valence-electron chi connectivity index (χ1n) is 5.85. The van der Waals surface area contributed by atoms with Gasteiger partial charge in [0.15, 0.2) is 0 Å². The fourth-order valence-electron chi connectivity index (χ4n) is 1.38. The van der Waals surface area contributed by atoms with Gasteiger partial charge in [0, 0.05) is 0 Å². The number of hydrogen-bond acceptors (Lipinski definition) is 5. The zero-order valence-electron chi connectivity index (χ0n) is 10.8. The molecule has 2 aromatic heterocycles. The third-order valence-electron chi connectivity index (χ3n) is 2.38. The van der Waals surface area contributed by atoms with Gasteiger partial charge in [0.1, 0.15) is 11.5 Å². The van der Waals surface area contributed by atoms with Crippen molar-refractivity contribution in [1.29, 1.82) is 0 Å². The molecule has 0 aliphatic heterocycles. The first-order chi connectivity index (χ1) is 9.66. The molecule has 2 amide bonds. The number of hydrazone groups is 1. The maximum atomic E-state index is 11.6. The maximum Gasteiger partial charge on any atom is 0.261 e. The molecule has 2 heterocycles. The van der Waals surface area contributed by atoms with Crippen LogP contribution in [0.25, 0.3) is 0 Å². The molecule has 0 atom stereocenters. The van der Waals surface area contributed by atoms with Crippen molar-refractivity contribution in [3.63, 3.8) is 0 Å². The van der Waals surface area contributed by atoms with E-state index in [1.165, 1.54) is 17.6 Å². The van der Waals surface area contributed by atoms with Gasteiger partial charge in [-0.1, -0.05) is 6.07 Å². The third-order valence-corrected chi connectivity index (χ3v) is 3.25. The van der Waals surface area contributed by atoms with Crippen LogP contribution in [-0.2, 0) is 4.79 Å². The van der Waals surface area contributed by atoms with Crippen molar-refractivity contribution >= 4 is 28.9 Å². The zero-order chi connectivity index (χ0) is 14.4. The molecule has 0 saturated heterocycles. The lowest BCUT2D eigenvalue weighted by atomic mass is 10.3. The number of nitrogens with one attached hydrogen (secondary N) is 2. The molecule has 0 aliphatic rings. The summed E-state index contributed by atoms with van der Waals surface area (Å²) in [6.45, 7) is 1.58. The van der Waals surface area contributed by atoms with Crippen molar-refractivity contribution in [2.45, 2.75) is 6.92 Å². The molecule has 0 unspecified atom stereocenters. The fraction of sp³-hybridized carbons (Fsp3) is 0.154. The van der Waals surface area contributed by atoms with E-state index < -0.39 is 5.91 Å². The summed E-state index contributed by atoms with van der Waals surface area (Å²) in [4.78, 5) is 23.7. The average molecular weight is 291 g/mol. The zero-order valence-corrected chi connectivity index (χ0v) is 11.6. The summed E-state index contributed by atoms with van der Waals surface area (Å²) in [5.74, 6) is -0.101. The first-order valence-corrected chi connectivity index (χ1v) is 6.73. The van der Waals surface area contributed by atoms with Crippen molar-refractivity contribution in [2.24, 2.45) is 5.10 Å². The summed E-state index contributed by atoms with van der Waals surface area (Å²) in [6.07, 6.45) is 1.53. The smallest absolute Gasteiger partial charge is 0.261 e. The van der Waals surface area contributed by atoms with Crippen molar-refractivity contribution < 1.29 is 14.0 Å². The standard InChI is InChI=1S/C13H13N3O3S/c1-9(10-4-2-6-19-10)15-16-12(17)8-14-13(18)11-5-3-7-20-11/h2-7H,8H2,1H3,(H,14,18)(H,16,17)/b15-9-. The van der Waals surface area contributed by atoms with Crippen LogP contribution in [0.4, 0.5) is 0 Å². The molecule has 0 bridgehead atoms. The number of carbonyl (C=O) groups excluding carboxylic acids is 2. The number of nitrogens with zero attached hydrogens (tertiary/aromatic N) is 1. The van der Waals surface area contributed by atoms with Gasteiger partial charge >= 0.3 is 0 Å². The third kappa shape index (κ3) is 3.79. The molecular weight excluding hydrogens is 278 g/mol. The van der Waals surface area contributed by atoms with Gasteiger partial charge in [-0.2, -0.15) is 5.10 Å². The number of furan rings is 1. The van der Waals surface area contributed by atoms with Gasteiger partial charge in [0.2, 0.25) is 0 Å². The Morgan fingerprint density at radius 3 is 2.85 bits per heavy atom. The van der Waals surface area contributed by atoms with Gasteiger partial charge in [-0.05, 0) is 30.5 Å². The largest absolute Gasteiger partial charge is 0.463 e. The first kappa shape index (κ1) is 14.0. The number of hydrogen-bond donors (Lipinski definition) is 2. The fourth-order valence-corrected chi connectivity index (χ4v) is 2.02. The van der Waals surface area contributed by atoms with Crippen LogP contribution in [0.2, 0.25) is 0 Å². The monoisotopic (exact) mass is 291 g/mol. The summed E-state index contributed by atoms with van der Waals surface area (Å²) < 4.78 is 5.12. The average Bonchev–Trinajstić information content (AvgIpc) is 3.14. The molecule has 0 aliphatic carbocycles. The van der Waals surface area contributed by atoms with E-state index in [-0.39, 0.29) is 12.5 Å². The number of rotatable bonds is 5. The minimum atomic E-state index is -0.402. The van der Waals surface area contributed by atoms with E-state index in [0.717, 1.165) is 0 Å². The molecule has 7 heteroatoms. The molecule has 104 valence electrons. The minimum Gasteiger partial charge on any atom is -0.463 e. The van der Waals surface area contributed by atoms with Gasteiger partial charge in [-0.15, -0.1) is 11.3 Å². The van der Waals surface area contributed by atoms with Gasteiger partial charge in [-0.25, -0.2) is 5.43 Å².